The minimum absolute atomic E-state index is 0.136. The third-order valence-corrected chi connectivity index (χ3v) is 2.42. The zero-order valence-electron chi connectivity index (χ0n) is 9.44. The van der Waals surface area contributed by atoms with Crippen LogP contribution in [0.25, 0.3) is 6.08 Å². The summed E-state index contributed by atoms with van der Waals surface area (Å²) < 4.78 is 26.0. The molecule has 0 bridgehead atoms. The zero-order chi connectivity index (χ0) is 13.0. The molecule has 0 aliphatic carbocycles. The van der Waals surface area contributed by atoms with Crippen LogP contribution in [-0.4, -0.2) is 5.78 Å². The topological polar surface area (TPSA) is 17.1 Å². The maximum atomic E-state index is 13.3. The van der Waals surface area contributed by atoms with Gasteiger partial charge in [-0.05, 0) is 23.8 Å². The van der Waals surface area contributed by atoms with Gasteiger partial charge in [0, 0.05) is 6.07 Å². The summed E-state index contributed by atoms with van der Waals surface area (Å²) in [5.74, 6) is -2.04. The van der Waals surface area contributed by atoms with Crippen molar-refractivity contribution in [3.8, 4) is 0 Å². The van der Waals surface area contributed by atoms with Crippen LogP contribution < -0.4 is 0 Å². The number of benzene rings is 2. The lowest BCUT2D eigenvalue weighted by molar-refractivity contribution is 0.104. The average molecular weight is 244 g/mol. The van der Waals surface area contributed by atoms with Gasteiger partial charge in [0.25, 0.3) is 0 Å². The van der Waals surface area contributed by atoms with Gasteiger partial charge in [-0.25, -0.2) is 8.78 Å². The highest BCUT2D eigenvalue weighted by Gasteiger charge is 2.09. The summed E-state index contributed by atoms with van der Waals surface area (Å²) in [6.07, 6.45) is 2.86. The Hall–Kier alpha value is -2.29. The van der Waals surface area contributed by atoms with Gasteiger partial charge < -0.3 is 0 Å². The number of hydrogen-bond donors (Lipinski definition) is 0. The van der Waals surface area contributed by atoms with Crippen molar-refractivity contribution in [2.75, 3.05) is 0 Å². The summed E-state index contributed by atoms with van der Waals surface area (Å²) in [4.78, 5) is 11.7. The summed E-state index contributed by atoms with van der Waals surface area (Å²) in [6, 6.07) is 12.1. The summed E-state index contributed by atoms with van der Waals surface area (Å²) in [5.41, 5.74) is 0.706. The van der Waals surface area contributed by atoms with E-state index in [1.54, 1.807) is 6.08 Å². The Kier molecular flexibility index (Phi) is 3.63. The quantitative estimate of drug-likeness (QED) is 0.592. The molecule has 0 aromatic heterocycles. The van der Waals surface area contributed by atoms with E-state index in [1.807, 2.05) is 30.3 Å². The van der Waals surface area contributed by atoms with Gasteiger partial charge in [-0.15, -0.1) is 0 Å². The Morgan fingerprint density at radius 2 is 1.72 bits per heavy atom. The maximum Gasteiger partial charge on any atom is 0.188 e. The molecule has 0 amide bonds. The Bertz CT molecular complexity index is 589. The summed E-state index contributed by atoms with van der Waals surface area (Å²) in [7, 11) is 0. The van der Waals surface area contributed by atoms with Crippen molar-refractivity contribution in [1.29, 1.82) is 0 Å². The molecule has 0 atom stereocenters. The normalized spacial score (nSPS) is 10.8. The first-order valence-corrected chi connectivity index (χ1v) is 5.39. The fraction of sp³-hybridized carbons (Fsp3) is 0. The highest BCUT2D eigenvalue weighted by Crippen LogP contribution is 2.11. The number of halogens is 2. The second-order valence-corrected chi connectivity index (χ2v) is 3.73. The van der Waals surface area contributed by atoms with E-state index in [0.29, 0.717) is 6.07 Å². The van der Waals surface area contributed by atoms with E-state index >= 15 is 0 Å². The molecule has 0 fully saturated rings. The van der Waals surface area contributed by atoms with Crippen LogP contribution in [0.4, 0.5) is 8.78 Å². The fourth-order valence-electron chi connectivity index (χ4n) is 1.52. The van der Waals surface area contributed by atoms with E-state index in [4.69, 9.17) is 0 Å². The SMILES string of the molecule is O=C(C=Cc1ccccc1)c1ccc(F)cc1F. The van der Waals surface area contributed by atoms with Crippen molar-refractivity contribution in [2.24, 2.45) is 0 Å². The molecule has 0 saturated carbocycles. The summed E-state index contributed by atoms with van der Waals surface area (Å²) in [5, 5.41) is 0. The Balaban J connectivity index is 2.20. The van der Waals surface area contributed by atoms with Crippen LogP contribution in [0.15, 0.2) is 54.6 Å². The van der Waals surface area contributed by atoms with Crippen LogP contribution in [0, 0.1) is 11.6 Å². The van der Waals surface area contributed by atoms with E-state index in [1.165, 1.54) is 6.08 Å². The number of rotatable bonds is 3. The molecule has 0 unspecified atom stereocenters. The van der Waals surface area contributed by atoms with Crippen molar-refractivity contribution < 1.29 is 13.6 Å². The van der Waals surface area contributed by atoms with Gasteiger partial charge in [0.2, 0.25) is 0 Å². The lowest BCUT2D eigenvalue weighted by atomic mass is 10.1. The van der Waals surface area contributed by atoms with Crippen LogP contribution in [0.3, 0.4) is 0 Å². The number of hydrogen-bond acceptors (Lipinski definition) is 1. The molecule has 0 N–H and O–H groups in total. The van der Waals surface area contributed by atoms with Gasteiger partial charge in [-0.2, -0.15) is 0 Å². The largest absolute Gasteiger partial charge is 0.289 e. The standard InChI is InChI=1S/C15H10F2O/c16-12-7-8-13(14(17)10-12)15(18)9-6-11-4-2-1-3-5-11/h1-10H. The molecule has 0 radical (unpaired) electrons. The van der Waals surface area contributed by atoms with Crippen LogP contribution in [-0.2, 0) is 0 Å². The molecule has 18 heavy (non-hydrogen) atoms. The molecule has 0 spiro atoms. The first-order valence-electron chi connectivity index (χ1n) is 5.39. The van der Waals surface area contributed by atoms with Crippen molar-refractivity contribution >= 4 is 11.9 Å². The van der Waals surface area contributed by atoms with E-state index in [0.717, 1.165) is 17.7 Å². The third-order valence-electron chi connectivity index (χ3n) is 2.42. The van der Waals surface area contributed by atoms with Crippen LogP contribution >= 0.6 is 0 Å². The van der Waals surface area contributed by atoms with Crippen molar-refractivity contribution in [3.05, 3.63) is 77.4 Å². The Labute approximate surface area is 103 Å². The Morgan fingerprint density at radius 3 is 2.39 bits per heavy atom. The molecule has 90 valence electrons. The lowest BCUT2D eigenvalue weighted by Crippen LogP contribution is -1.99. The molecule has 1 nitrogen and oxygen atoms in total. The van der Waals surface area contributed by atoms with E-state index in [2.05, 4.69) is 0 Å². The fourth-order valence-corrected chi connectivity index (χ4v) is 1.52. The molecule has 0 aliphatic heterocycles. The number of ketones is 1. The van der Waals surface area contributed by atoms with Gasteiger partial charge in [0.15, 0.2) is 5.78 Å². The second kappa shape index (κ2) is 5.36. The van der Waals surface area contributed by atoms with Gasteiger partial charge >= 0.3 is 0 Å². The second-order valence-electron chi connectivity index (χ2n) is 3.73. The monoisotopic (exact) mass is 244 g/mol. The molecule has 0 aliphatic rings. The van der Waals surface area contributed by atoms with Gasteiger partial charge in [0.1, 0.15) is 11.6 Å². The lowest BCUT2D eigenvalue weighted by Gasteiger charge is -1.98. The maximum absolute atomic E-state index is 13.3. The summed E-state index contributed by atoms with van der Waals surface area (Å²) >= 11 is 0. The van der Waals surface area contributed by atoms with Crippen LogP contribution in [0.1, 0.15) is 15.9 Å². The van der Waals surface area contributed by atoms with Crippen molar-refractivity contribution in [3.63, 3.8) is 0 Å². The third kappa shape index (κ3) is 2.88. The average Bonchev–Trinajstić information content (AvgIpc) is 2.37. The van der Waals surface area contributed by atoms with Gasteiger partial charge in [0.05, 0.1) is 5.56 Å². The Morgan fingerprint density at radius 1 is 1.00 bits per heavy atom. The minimum Gasteiger partial charge on any atom is -0.289 e. The highest BCUT2D eigenvalue weighted by atomic mass is 19.1. The van der Waals surface area contributed by atoms with Crippen LogP contribution in [0.5, 0.6) is 0 Å². The van der Waals surface area contributed by atoms with Gasteiger partial charge in [-0.1, -0.05) is 36.4 Å². The minimum atomic E-state index is -0.849. The van der Waals surface area contributed by atoms with E-state index < -0.39 is 17.4 Å². The zero-order valence-corrected chi connectivity index (χ0v) is 9.44. The molecule has 0 heterocycles. The molecule has 0 saturated heterocycles. The highest BCUT2D eigenvalue weighted by molar-refractivity contribution is 6.06. The van der Waals surface area contributed by atoms with Crippen molar-refractivity contribution in [2.45, 2.75) is 0 Å². The smallest absolute Gasteiger partial charge is 0.188 e. The predicted molar refractivity (Wildman–Crippen MR) is 66.2 cm³/mol. The molecule has 2 aromatic rings. The van der Waals surface area contributed by atoms with E-state index in [-0.39, 0.29) is 5.56 Å². The molecule has 2 aromatic carbocycles. The number of carbonyl (C=O) groups is 1. The van der Waals surface area contributed by atoms with Crippen LogP contribution in [0.2, 0.25) is 0 Å². The number of allylic oxidation sites excluding steroid dienone is 1. The van der Waals surface area contributed by atoms with E-state index in [9.17, 15) is 13.6 Å². The predicted octanol–water partition coefficient (Wildman–Crippen LogP) is 3.86. The first kappa shape index (κ1) is 12.2. The molecule has 2 rings (SSSR count). The molecular formula is C15H10F2O. The first-order chi connectivity index (χ1) is 8.66. The van der Waals surface area contributed by atoms with Gasteiger partial charge in [-0.3, -0.25) is 4.79 Å². The molecule has 3 heteroatoms. The summed E-state index contributed by atoms with van der Waals surface area (Å²) in [6.45, 7) is 0. The molecular weight excluding hydrogens is 234 g/mol. The van der Waals surface area contributed by atoms with Crippen molar-refractivity contribution in [1.82, 2.24) is 0 Å². The number of carbonyl (C=O) groups excluding carboxylic acids is 1.